The van der Waals surface area contributed by atoms with Crippen molar-refractivity contribution in [2.24, 2.45) is 5.73 Å². The highest BCUT2D eigenvalue weighted by atomic mass is 16.5. The highest BCUT2D eigenvalue weighted by Gasteiger charge is 2.07. The summed E-state index contributed by atoms with van der Waals surface area (Å²) in [6, 6.07) is 0. The average molecular weight is 237 g/mol. The van der Waals surface area contributed by atoms with Crippen LogP contribution in [-0.4, -0.2) is 41.4 Å². The first kappa shape index (κ1) is 20.3. The molecule has 0 spiro atoms. The van der Waals surface area contributed by atoms with Gasteiger partial charge in [0.25, 0.3) is 6.47 Å². The summed E-state index contributed by atoms with van der Waals surface area (Å²) in [5, 5.41) is 16.3. The molecule has 0 rings (SSSR count). The van der Waals surface area contributed by atoms with Gasteiger partial charge in [-0.25, -0.2) is 0 Å². The second kappa shape index (κ2) is 11.9. The lowest BCUT2D eigenvalue weighted by Crippen LogP contribution is -2.17. The Balaban J connectivity index is -0.000000183. The van der Waals surface area contributed by atoms with Gasteiger partial charge in [-0.05, 0) is 34.7 Å². The largest absolute Gasteiger partial charge is 0.481 e. The van der Waals surface area contributed by atoms with Gasteiger partial charge in [-0.2, -0.15) is 0 Å². The number of carboxylic acid groups (broad SMARTS) is 1. The summed E-state index contributed by atoms with van der Waals surface area (Å²) in [7, 11) is 1.50. The van der Waals surface area contributed by atoms with E-state index in [2.05, 4.69) is 10.5 Å². The standard InChI is InChI=1S/C5H10O2.C4H8O3.CH5N/c1-5(2,3)7-4-6;1-3(5)2-4(6)7;1-2/h4H,1-3H3;3,5H,2H2,1H3,(H,6,7);2H2,1H3. The highest BCUT2D eigenvalue weighted by molar-refractivity contribution is 5.67. The van der Waals surface area contributed by atoms with Crippen LogP contribution in [0.5, 0.6) is 0 Å². The molecule has 16 heavy (non-hydrogen) atoms. The molecule has 1 unspecified atom stereocenters. The van der Waals surface area contributed by atoms with E-state index < -0.39 is 12.1 Å². The molecule has 0 saturated carbocycles. The van der Waals surface area contributed by atoms with Crippen molar-refractivity contribution in [1.82, 2.24) is 0 Å². The number of rotatable bonds is 3. The van der Waals surface area contributed by atoms with Crippen LogP contribution in [0.3, 0.4) is 0 Å². The van der Waals surface area contributed by atoms with E-state index in [1.54, 1.807) is 0 Å². The van der Waals surface area contributed by atoms with Gasteiger partial charge >= 0.3 is 5.97 Å². The van der Waals surface area contributed by atoms with Crippen LogP contribution in [0.15, 0.2) is 0 Å². The fourth-order valence-electron chi connectivity index (χ4n) is 0.397. The van der Waals surface area contributed by atoms with E-state index in [1.165, 1.54) is 14.0 Å². The number of carboxylic acids is 1. The Hall–Kier alpha value is -1.14. The zero-order chi connectivity index (χ0) is 13.8. The Morgan fingerprint density at radius 3 is 1.81 bits per heavy atom. The Morgan fingerprint density at radius 1 is 1.44 bits per heavy atom. The quantitative estimate of drug-likeness (QED) is 0.612. The molecule has 0 bridgehead atoms. The molecule has 0 aromatic rings. The van der Waals surface area contributed by atoms with Crippen LogP contribution in [-0.2, 0) is 14.3 Å². The zero-order valence-electron chi connectivity index (χ0n) is 10.6. The summed E-state index contributed by atoms with van der Waals surface area (Å²) >= 11 is 0. The first-order valence-electron chi connectivity index (χ1n) is 4.78. The molecule has 0 radical (unpaired) electrons. The molecule has 0 saturated heterocycles. The molecule has 0 aliphatic rings. The third-order valence-corrected chi connectivity index (χ3v) is 0.872. The summed E-state index contributed by atoms with van der Waals surface area (Å²) in [4.78, 5) is 19.2. The van der Waals surface area contributed by atoms with Gasteiger partial charge in [0.05, 0.1) is 12.5 Å². The SMILES string of the molecule is CC(C)(C)OC=O.CC(O)CC(=O)O.CN. The molecule has 98 valence electrons. The summed E-state index contributed by atoms with van der Waals surface area (Å²) in [6.07, 6.45) is -0.891. The van der Waals surface area contributed by atoms with E-state index in [1.807, 2.05) is 20.8 Å². The van der Waals surface area contributed by atoms with Crippen molar-refractivity contribution in [1.29, 1.82) is 0 Å². The van der Waals surface area contributed by atoms with Crippen LogP contribution in [0.25, 0.3) is 0 Å². The molecule has 6 nitrogen and oxygen atoms in total. The Bertz CT molecular complexity index is 175. The van der Waals surface area contributed by atoms with Crippen molar-refractivity contribution in [3.05, 3.63) is 0 Å². The lowest BCUT2D eigenvalue weighted by atomic mass is 10.2. The molecule has 0 aromatic heterocycles. The van der Waals surface area contributed by atoms with Crippen LogP contribution in [0.2, 0.25) is 0 Å². The fourth-order valence-corrected chi connectivity index (χ4v) is 0.397. The first-order chi connectivity index (χ1) is 7.19. The highest BCUT2D eigenvalue weighted by Crippen LogP contribution is 2.02. The van der Waals surface area contributed by atoms with E-state index in [-0.39, 0.29) is 12.0 Å². The topological polar surface area (TPSA) is 110 Å². The van der Waals surface area contributed by atoms with Crippen LogP contribution < -0.4 is 5.73 Å². The van der Waals surface area contributed by atoms with Crippen LogP contribution >= 0.6 is 0 Å². The van der Waals surface area contributed by atoms with Crippen molar-refractivity contribution in [2.75, 3.05) is 7.05 Å². The Labute approximate surface area is 96.4 Å². The van der Waals surface area contributed by atoms with Gasteiger partial charge in [-0.3, -0.25) is 9.59 Å². The molecule has 1 atom stereocenters. The molecule has 0 aromatic carbocycles. The minimum absolute atomic E-state index is 0.167. The predicted octanol–water partition coefficient (Wildman–Crippen LogP) is 0.375. The molecule has 0 amide bonds. The van der Waals surface area contributed by atoms with E-state index in [4.69, 9.17) is 10.2 Å². The fraction of sp³-hybridized carbons (Fsp3) is 0.800. The predicted molar refractivity (Wildman–Crippen MR) is 60.9 cm³/mol. The van der Waals surface area contributed by atoms with E-state index >= 15 is 0 Å². The molecular weight excluding hydrogens is 214 g/mol. The monoisotopic (exact) mass is 237 g/mol. The maximum atomic E-state index is 9.65. The molecule has 0 fully saturated rings. The number of aliphatic carboxylic acids is 1. The number of hydrogen-bond donors (Lipinski definition) is 3. The van der Waals surface area contributed by atoms with Gasteiger partial charge in [0.15, 0.2) is 0 Å². The van der Waals surface area contributed by atoms with Crippen molar-refractivity contribution in [3.8, 4) is 0 Å². The lowest BCUT2D eigenvalue weighted by molar-refractivity contribution is -0.139. The van der Waals surface area contributed by atoms with Gasteiger partial charge in [0, 0.05) is 0 Å². The van der Waals surface area contributed by atoms with Crippen LogP contribution in [0.4, 0.5) is 0 Å². The number of aliphatic hydroxyl groups is 1. The summed E-state index contributed by atoms with van der Waals surface area (Å²) < 4.78 is 4.55. The van der Waals surface area contributed by atoms with Crippen molar-refractivity contribution < 1.29 is 24.5 Å². The van der Waals surface area contributed by atoms with E-state index in [9.17, 15) is 9.59 Å². The Kier molecular flexibility index (Phi) is 15.1. The third-order valence-electron chi connectivity index (χ3n) is 0.872. The van der Waals surface area contributed by atoms with Crippen LogP contribution in [0, 0.1) is 0 Å². The van der Waals surface area contributed by atoms with Crippen LogP contribution in [0.1, 0.15) is 34.1 Å². The summed E-state index contributed by atoms with van der Waals surface area (Å²) in [6.45, 7) is 7.36. The van der Waals surface area contributed by atoms with Gasteiger partial charge in [0.2, 0.25) is 0 Å². The average Bonchev–Trinajstić information content (AvgIpc) is 2.03. The van der Waals surface area contributed by atoms with Gasteiger partial charge in [0.1, 0.15) is 5.60 Å². The normalized spacial score (nSPS) is 10.9. The van der Waals surface area contributed by atoms with Crippen molar-refractivity contribution in [2.45, 2.75) is 45.8 Å². The number of nitrogens with two attached hydrogens (primary N) is 1. The Morgan fingerprint density at radius 2 is 1.81 bits per heavy atom. The summed E-state index contributed by atoms with van der Waals surface area (Å²) in [5.74, 6) is -0.963. The van der Waals surface area contributed by atoms with Gasteiger partial charge < -0.3 is 20.7 Å². The first-order valence-corrected chi connectivity index (χ1v) is 4.78. The molecular formula is C10H23NO5. The second-order valence-electron chi connectivity index (χ2n) is 3.77. The molecule has 4 N–H and O–H groups in total. The lowest BCUT2D eigenvalue weighted by Gasteiger charge is -2.14. The van der Waals surface area contributed by atoms with Gasteiger partial charge in [-0.15, -0.1) is 0 Å². The number of aliphatic hydroxyl groups excluding tert-OH is 1. The number of ether oxygens (including phenoxy) is 1. The second-order valence-corrected chi connectivity index (χ2v) is 3.77. The summed E-state index contributed by atoms with van der Waals surface area (Å²) in [5.41, 5.74) is 4.18. The maximum absolute atomic E-state index is 9.65. The minimum atomic E-state index is -0.963. The minimum Gasteiger partial charge on any atom is -0.481 e. The smallest absolute Gasteiger partial charge is 0.305 e. The molecule has 0 aliphatic carbocycles. The van der Waals surface area contributed by atoms with E-state index in [0.717, 1.165) is 0 Å². The zero-order valence-corrected chi connectivity index (χ0v) is 10.6. The number of carbonyl (C=O) groups is 2. The molecule has 6 heteroatoms. The third kappa shape index (κ3) is 38.4. The van der Waals surface area contributed by atoms with Crippen molar-refractivity contribution in [3.63, 3.8) is 0 Å². The van der Waals surface area contributed by atoms with E-state index in [0.29, 0.717) is 6.47 Å². The van der Waals surface area contributed by atoms with Gasteiger partial charge in [-0.1, -0.05) is 0 Å². The number of carbonyl (C=O) groups excluding carboxylic acids is 1. The molecule has 0 heterocycles. The van der Waals surface area contributed by atoms with Crippen molar-refractivity contribution >= 4 is 12.4 Å². The maximum Gasteiger partial charge on any atom is 0.305 e. The number of hydrogen-bond acceptors (Lipinski definition) is 5. The molecule has 0 aliphatic heterocycles.